The normalized spacial score (nSPS) is 20.0. The molecule has 0 spiro atoms. The molecule has 2 amide bonds. The summed E-state index contributed by atoms with van der Waals surface area (Å²) in [6.07, 6.45) is 6.42. The summed E-state index contributed by atoms with van der Waals surface area (Å²) >= 11 is 3.93. The van der Waals surface area contributed by atoms with E-state index in [1.807, 2.05) is 35.5 Å². The third-order valence-corrected chi connectivity index (χ3v) is 9.63. The van der Waals surface area contributed by atoms with Gasteiger partial charge in [-0.15, -0.1) is 23.5 Å². The maximum atomic E-state index is 13.5. The SMILES string of the molecule is CC(C)c1cccc(C(C)C)c1N(C)C(=O)NC1(C2CCCCC2)SCCS1. The molecule has 0 aromatic heterocycles. The van der Waals surface area contributed by atoms with Gasteiger partial charge in [0.25, 0.3) is 0 Å². The smallest absolute Gasteiger partial charge is 0.314 e. The number of hydrogen-bond acceptors (Lipinski definition) is 3. The van der Waals surface area contributed by atoms with Crippen LogP contribution in [0, 0.1) is 5.92 Å². The van der Waals surface area contributed by atoms with Gasteiger partial charge in [-0.1, -0.05) is 65.2 Å². The van der Waals surface area contributed by atoms with Crippen LogP contribution in [0.5, 0.6) is 0 Å². The first-order valence-electron chi connectivity index (χ1n) is 10.8. The molecule has 156 valence electrons. The Kier molecular flexibility index (Phi) is 7.30. The summed E-state index contributed by atoms with van der Waals surface area (Å²) < 4.78 is -0.142. The van der Waals surface area contributed by atoms with E-state index in [1.165, 1.54) is 43.2 Å². The molecule has 3 nitrogen and oxygen atoms in total. The maximum Gasteiger partial charge on any atom is 0.323 e. The topological polar surface area (TPSA) is 32.3 Å². The fourth-order valence-electron chi connectivity index (χ4n) is 4.55. The van der Waals surface area contributed by atoms with E-state index in [9.17, 15) is 4.79 Å². The Hall–Kier alpha value is -0.810. The molecule has 5 heteroatoms. The van der Waals surface area contributed by atoms with Crippen LogP contribution in [0.2, 0.25) is 0 Å². The summed E-state index contributed by atoms with van der Waals surface area (Å²) in [6, 6.07) is 6.52. The summed E-state index contributed by atoms with van der Waals surface area (Å²) in [6.45, 7) is 8.84. The minimum Gasteiger partial charge on any atom is -0.314 e. The maximum absolute atomic E-state index is 13.5. The zero-order valence-electron chi connectivity index (χ0n) is 18.1. The molecule has 2 fully saturated rings. The van der Waals surface area contributed by atoms with Crippen molar-refractivity contribution in [3.63, 3.8) is 0 Å². The van der Waals surface area contributed by atoms with E-state index < -0.39 is 0 Å². The van der Waals surface area contributed by atoms with Gasteiger partial charge in [0.2, 0.25) is 0 Å². The summed E-state index contributed by atoms with van der Waals surface area (Å²) in [5.74, 6) is 3.61. The fourth-order valence-corrected chi connectivity index (χ4v) is 7.92. The summed E-state index contributed by atoms with van der Waals surface area (Å²) in [4.78, 5) is 15.4. The molecule has 2 aliphatic rings. The molecule has 0 radical (unpaired) electrons. The van der Waals surface area contributed by atoms with Crippen molar-refractivity contribution in [2.45, 2.75) is 75.8 Å². The van der Waals surface area contributed by atoms with Crippen LogP contribution in [0.15, 0.2) is 18.2 Å². The summed E-state index contributed by atoms with van der Waals surface area (Å²) in [5, 5.41) is 3.51. The van der Waals surface area contributed by atoms with Crippen molar-refractivity contribution in [2.75, 3.05) is 23.5 Å². The van der Waals surface area contributed by atoms with Crippen molar-refractivity contribution >= 4 is 35.2 Å². The second-order valence-corrected chi connectivity index (χ2v) is 11.7. The van der Waals surface area contributed by atoms with E-state index in [-0.39, 0.29) is 10.2 Å². The van der Waals surface area contributed by atoms with E-state index in [1.54, 1.807) is 0 Å². The van der Waals surface area contributed by atoms with Crippen molar-refractivity contribution in [2.24, 2.45) is 5.92 Å². The number of nitrogens with zero attached hydrogens (tertiary/aromatic N) is 1. The third kappa shape index (κ3) is 4.51. The lowest BCUT2D eigenvalue weighted by atomic mass is 9.88. The lowest BCUT2D eigenvalue weighted by Crippen LogP contribution is -2.52. The Morgan fingerprint density at radius 1 is 1.04 bits per heavy atom. The van der Waals surface area contributed by atoms with Gasteiger partial charge in [-0.3, -0.25) is 4.90 Å². The highest BCUT2D eigenvalue weighted by atomic mass is 32.2. The molecule has 1 saturated carbocycles. The monoisotopic (exact) mass is 420 g/mol. The van der Waals surface area contributed by atoms with E-state index in [0.29, 0.717) is 17.8 Å². The lowest BCUT2D eigenvalue weighted by molar-refractivity contribution is 0.237. The predicted octanol–water partition coefficient (Wildman–Crippen LogP) is 6.79. The molecule has 1 saturated heterocycles. The average molecular weight is 421 g/mol. The highest BCUT2D eigenvalue weighted by Gasteiger charge is 2.45. The molecule has 1 aliphatic heterocycles. The molecular formula is C23H36N2OS2. The largest absolute Gasteiger partial charge is 0.323 e. The number of urea groups is 1. The number of benzene rings is 1. The molecule has 3 rings (SSSR count). The summed E-state index contributed by atoms with van der Waals surface area (Å²) in [5.41, 5.74) is 3.60. The molecule has 1 aliphatic carbocycles. The molecular weight excluding hydrogens is 384 g/mol. The molecule has 0 atom stereocenters. The van der Waals surface area contributed by atoms with Crippen molar-refractivity contribution in [1.82, 2.24) is 5.32 Å². The molecule has 1 aromatic carbocycles. The Morgan fingerprint density at radius 3 is 2.07 bits per heavy atom. The number of rotatable bonds is 5. The molecule has 1 aromatic rings. The number of amides is 2. The molecule has 28 heavy (non-hydrogen) atoms. The van der Waals surface area contributed by atoms with E-state index in [0.717, 1.165) is 17.2 Å². The highest BCUT2D eigenvalue weighted by Crippen LogP contribution is 2.51. The van der Waals surface area contributed by atoms with Gasteiger partial charge >= 0.3 is 6.03 Å². The second-order valence-electron chi connectivity index (χ2n) is 8.78. The Morgan fingerprint density at radius 2 is 1.57 bits per heavy atom. The van der Waals surface area contributed by atoms with Gasteiger partial charge in [-0.2, -0.15) is 0 Å². The highest BCUT2D eigenvalue weighted by molar-refractivity contribution is 8.21. The first-order valence-corrected chi connectivity index (χ1v) is 12.8. The number of anilines is 1. The van der Waals surface area contributed by atoms with Gasteiger partial charge in [0, 0.05) is 24.5 Å². The number of nitrogens with one attached hydrogen (secondary N) is 1. The van der Waals surface area contributed by atoms with Crippen molar-refractivity contribution in [1.29, 1.82) is 0 Å². The Bertz CT molecular complexity index is 651. The number of carbonyl (C=O) groups is 1. The minimum atomic E-state index is -0.142. The van der Waals surface area contributed by atoms with Gasteiger partial charge in [-0.25, -0.2) is 4.79 Å². The van der Waals surface area contributed by atoms with Gasteiger partial charge in [-0.05, 0) is 35.8 Å². The predicted molar refractivity (Wildman–Crippen MR) is 126 cm³/mol. The number of hydrogen-bond donors (Lipinski definition) is 1. The van der Waals surface area contributed by atoms with E-state index >= 15 is 0 Å². The van der Waals surface area contributed by atoms with Crippen molar-refractivity contribution in [3.05, 3.63) is 29.3 Å². The lowest BCUT2D eigenvalue weighted by Gasteiger charge is -2.40. The Labute approximate surface area is 179 Å². The van der Waals surface area contributed by atoms with Crippen LogP contribution < -0.4 is 10.2 Å². The van der Waals surface area contributed by atoms with Gasteiger partial charge in [0.1, 0.15) is 4.20 Å². The molecule has 0 unspecified atom stereocenters. The van der Waals surface area contributed by atoms with Crippen LogP contribution in [0.1, 0.15) is 82.8 Å². The minimum absolute atomic E-state index is 0.0440. The van der Waals surface area contributed by atoms with Crippen LogP contribution in [-0.4, -0.2) is 28.8 Å². The average Bonchev–Trinajstić information content (AvgIpc) is 3.17. The first-order chi connectivity index (χ1) is 13.4. The zero-order valence-corrected chi connectivity index (χ0v) is 19.7. The number of carbonyl (C=O) groups excluding carboxylic acids is 1. The van der Waals surface area contributed by atoms with E-state index in [4.69, 9.17) is 0 Å². The van der Waals surface area contributed by atoms with E-state index in [2.05, 4.69) is 51.2 Å². The summed E-state index contributed by atoms with van der Waals surface area (Å²) in [7, 11) is 1.95. The van der Waals surface area contributed by atoms with Crippen LogP contribution in [0.25, 0.3) is 0 Å². The number of thioether (sulfide) groups is 2. The van der Waals surface area contributed by atoms with Crippen LogP contribution >= 0.6 is 23.5 Å². The Balaban J connectivity index is 1.88. The first kappa shape index (κ1) is 21.9. The molecule has 1 heterocycles. The second kappa shape index (κ2) is 9.34. The van der Waals surface area contributed by atoms with Gasteiger partial charge in [0.05, 0.1) is 5.69 Å². The fraction of sp³-hybridized carbons (Fsp3) is 0.696. The zero-order chi connectivity index (χ0) is 20.3. The molecule has 1 N–H and O–H groups in total. The van der Waals surface area contributed by atoms with Crippen molar-refractivity contribution in [3.8, 4) is 0 Å². The number of para-hydroxylation sites is 1. The third-order valence-electron chi connectivity index (χ3n) is 6.12. The van der Waals surface area contributed by atoms with Crippen LogP contribution in [0.4, 0.5) is 10.5 Å². The quantitative estimate of drug-likeness (QED) is 0.569. The van der Waals surface area contributed by atoms with Crippen LogP contribution in [0.3, 0.4) is 0 Å². The van der Waals surface area contributed by atoms with Crippen LogP contribution in [-0.2, 0) is 0 Å². The standard InChI is InChI=1S/C23H36N2OS2/c1-16(2)19-12-9-13-20(17(3)4)21(19)25(5)22(26)24-23(27-14-15-28-23)18-10-7-6-8-11-18/h9,12-13,16-18H,6-8,10-11,14-15H2,1-5H3,(H,24,26). The van der Waals surface area contributed by atoms with Crippen molar-refractivity contribution < 1.29 is 4.79 Å². The molecule has 0 bridgehead atoms. The van der Waals surface area contributed by atoms with Gasteiger partial charge < -0.3 is 5.32 Å². The van der Waals surface area contributed by atoms with Gasteiger partial charge in [0.15, 0.2) is 0 Å².